The molecule has 0 aromatic carbocycles. The summed E-state index contributed by atoms with van der Waals surface area (Å²) >= 11 is 0. The number of hydrogen-bond acceptors (Lipinski definition) is 3. The van der Waals surface area contributed by atoms with E-state index in [2.05, 4.69) is 11.9 Å². The van der Waals surface area contributed by atoms with Gasteiger partial charge < -0.3 is 10.5 Å². The van der Waals surface area contributed by atoms with Crippen molar-refractivity contribution >= 4 is 18.2 Å². The summed E-state index contributed by atoms with van der Waals surface area (Å²) in [7, 11) is 1.72. The summed E-state index contributed by atoms with van der Waals surface area (Å²) in [6.07, 6.45) is 1.14. The Morgan fingerprint density at radius 3 is 2.73 bits per heavy atom. The number of hydrogen-bond donors (Lipinski definition) is 1. The predicted octanol–water partition coefficient (Wildman–Crippen LogP) is 0.820. The second-order valence-electron chi connectivity index (χ2n) is 2.79. The zero-order valence-electron chi connectivity index (χ0n) is 6.91. The highest BCUT2D eigenvalue weighted by atomic mass is 35.5. The molecule has 2 atom stereocenters. The van der Waals surface area contributed by atoms with Gasteiger partial charge in [0.2, 0.25) is 0 Å². The van der Waals surface area contributed by atoms with Gasteiger partial charge in [-0.15, -0.1) is 12.4 Å². The molecule has 4 heteroatoms. The van der Waals surface area contributed by atoms with Crippen LogP contribution in [0.2, 0.25) is 0 Å². The monoisotopic (exact) mass is 178 g/mol. The zero-order valence-corrected chi connectivity index (χ0v) is 7.73. The highest BCUT2D eigenvalue weighted by Crippen LogP contribution is 2.15. The summed E-state index contributed by atoms with van der Waals surface area (Å²) in [5.41, 5.74) is 5.54. The Bertz CT molecular complexity index is 149. The minimum atomic E-state index is 0. The maximum atomic E-state index is 5.54. The van der Waals surface area contributed by atoms with Crippen LogP contribution < -0.4 is 5.73 Å². The van der Waals surface area contributed by atoms with E-state index in [1.165, 1.54) is 0 Å². The minimum Gasteiger partial charge on any atom is -0.387 e. The molecule has 0 fully saturated rings. The lowest BCUT2D eigenvalue weighted by atomic mass is 9.98. The molecule has 0 saturated heterocycles. The molecule has 0 amide bonds. The fourth-order valence-corrected chi connectivity index (χ4v) is 1.22. The third kappa shape index (κ3) is 2.67. The first-order valence-corrected chi connectivity index (χ1v) is 3.55. The van der Waals surface area contributed by atoms with E-state index >= 15 is 0 Å². The van der Waals surface area contributed by atoms with Gasteiger partial charge in [0.05, 0.1) is 18.5 Å². The van der Waals surface area contributed by atoms with Crippen molar-refractivity contribution in [3.05, 3.63) is 0 Å². The van der Waals surface area contributed by atoms with Crippen LogP contribution in [0.3, 0.4) is 0 Å². The topological polar surface area (TPSA) is 47.6 Å². The molecule has 2 N–H and O–H groups in total. The summed E-state index contributed by atoms with van der Waals surface area (Å²) in [6.45, 7) is 2.86. The number of rotatable bonds is 1. The van der Waals surface area contributed by atoms with Crippen LogP contribution in [0.4, 0.5) is 0 Å². The standard InChI is InChI=1S/C7H14N2O.ClH/c1-5-3-7(8)9-4-6(5)10-2;/h5-6H,3-4H2,1-2H3,(H2,8,9);1H. The van der Waals surface area contributed by atoms with Gasteiger partial charge in [0, 0.05) is 13.5 Å². The molecule has 66 valence electrons. The van der Waals surface area contributed by atoms with E-state index in [4.69, 9.17) is 10.5 Å². The molecule has 1 aliphatic heterocycles. The second kappa shape index (κ2) is 4.57. The molecule has 3 nitrogen and oxygen atoms in total. The van der Waals surface area contributed by atoms with Gasteiger partial charge in [-0.3, -0.25) is 4.99 Å². The van der Waals surface area contributed by atoms with Crippen LogP contribution in [0.15, 0.2) is 4.99 Å². The van der Waals surface area contributed by atoms with Crippen LogP contribution in [0.25, 0.3) is 0 Å². The van der Waals surface area contributed by atoms with Gasteiger partial charge in [-0.05, 0) is 5.92 Å². The lowest BCUT2D eigenvalue weighted by Crippen LogP contribution is -2.33. The van der Waals surface area contributed by atoms with Crippen LogP contribution in [-0.4, -0.2) is 25.6 Å². The summed E-state index contributed by atoms with van der Waals surface area (Å²) in [5.74, 6) is 1.28. The number of nitrogens with zero attached hydrogens (tertiary/aromatic N) is 1. The first kappa shape index (κ1) is 10.7. The van der Waals surface area contributed by atoms with Gasteiger partial charge in [-0.1, -0.05) is 6.92 Å². The molecule has 1 rings (SSSR count). The molecule has 0 bridgehead atoms. The Hall–Kier alpha value is -0.280. The fourth-order valence-electron chi connectivity index (χ4n) is 1.22. The SMILES string of the molecule is COC1CN=C(N)CC1C.Cl. The largest absolute Gasteiger partial charge is 0.387 e. The Labute approximate surface area is 73.4 Å². The second-order valence-corrected chi connectivity index (χ2v) is 2.79. The van der Waals surface area contributed by atoms with E-state index in [0.29, 0.717) is 5.92 Å². The predicted molar refractivity (Wildman–Crippen MR) is 48.3 cm³/mol. The Kier molecular flexibility index (Phi) is 4.45. The molecule has 0 spiro atoms. The molecule has 0 aromatic rings. The van der Waals surface area contributed by atoms with Gasteiger partial charge >= 0.3 is 0 Å². The molecular formula is C7H15ClN2O. The molecule has 1 heterocycles. The van der Waals surface area contributed by atoms with Gasteiger partial charge in [0.25, 0.3) is 0 Å². The average Bonchev–Trinajstić information content (AvgIpc) is 1.88. The van der Waals surface area contributed by atoms with Gasteiger partial charge in [0.1, 0.15) is 0 Å². The third-order valence-corrected chi connectivity index (χ3v) is 1.94. The lowest BCUT2D eigenvalue weighted by Gasteiger charge is -2.24. The Balaban J connectivity index is 0.000001000. The normalized spacial score (nSPS) is 30.5. The molecule has 0 aliphatic carbocycles. The number of amidine groups is 1. The van der Waals surface area contributed by atoms with Crippen LogP contribution in [0, 0.1) is 5.92 Å². The highest BCUT2D eigenvalue weighted by Gasteiger charge is 2.21. The summed E-state index contributed by atoms with van der Waals surface area (Å²) < 4.78 is 5.19. The van der Waals surface area contributed by atoms with Crippen molar-refractivity contribution in [3.8, 4) is 0 Å². The van der Waals surface area contributed by atoms with Crippen LogP contribution in [0.5, 0.6) is 0 Å². The van der Waals surface area contributed by atoms with Crippen molar-refractivity contribution in [1.82, 2.24) is 0 Å². The van der Waals surface area contributed by atoms with Crippen molar-refractivity contribution in [2.75, 3.05) is 13.7 Å². The highest BCUT2D eigenvalue weighted by molar-refractivity contribution is 5.85. The minimum absolute atomic E-state index is 0. The first-order chi connectivity index (χ1) is 4.74. The quantitative estimate of drug-likeness (QED) is 0.647. The number of aliphatic imine (C=N–C) groups is 1. The van der Waals surface area contributed by atoms with Crippen molar-refractivity contribution in [1.29, 1.82) is 0 Å². The maximum absolute atomic E-state index is 5.54. The Morgan fingerprint density at radius 1 is 1.64 bits per heavy atom. The van der Waals surface area contributed by atoms with E-state index in [0.717, 1.165) is 18.8 Å². The van der Waals surface area contributed by atoms with Crippen LogP contribution in [-0.2, 0) is 4.74 Å². The van der Waals surface area contributed by atoms with Crippen molar-refractivity contribution in [2.45, 2.75) is 19.4 Å². The third-order valence-electron chi connectivity index (χ3n) is 1.94. The number of methoxy groups -OCH3 is 1. The van der Waals surface area contributed by atoms with E-state index in [-0.39, 0.29) is 18.5 Å². The number of nitrogens with two attached hydrogens (primary N) is 1. The van der Waals surface area contributed by atoms with Crippen molar-refractivity contribution in [3.63, 3.8) is 0 Å². The molecular weight excluding hydrogens is 164 g/mol. The molecule has 0 saturated carbocycles. The molecule has 2 unspecified atom stereocenters. The molecule has 1 aliphatic rings. The van der Waals surface area contributed by atoms with E-state index in [1.54, 1.807) is 7.11 Å². The van der Waals surface area contributed by atoms with Crippen molar-refractivity contribution in [2.24, 2.45) is 16.6 Å². The van der Waals surface area contributed by atoms with Gasteiger partial charge in [-0.2, -0.15) is 0 Å². The van der Waals surface area contributed by atoms with E-state index < -0.39 is 0 Å². The summed E-state index contributed by atoms with van der Waals surface area (Å²) in [4.78, 5) is 4.10. The first-order valence-electron chi connectivity index (χ1n) is 3.55. The summed E-state index contributed by atoms with van der Waals surface area (Å²) in [6, 6.07) is 0. The smallest absolute Gasteiger partial charge is 0.0941 e. The molecule has 0 radical (unpaired) electrons. The summed E-state index contributed by atoms with van der Waals surface area (Å²) in [5, 5.41) is 0. The fraction of sp³-hybridized carbons (Fsp3) is 0.857. The van der Waals surface area contributed by atoms with E-state index in [1.807, 2.05) is 0 Å². The zero-order chi connectivity index (χ0) is 7.56. The van der Waals surface area contributed by atoms with Crippen LogP contribution >= 0.6 is 12.4 Å². The maximum Gasteiger partial charge on any atom is 0.0941 e. The van der Waals surface area contributed by atoms with Crippen molar-refractivity contribution < 1.29 is 4.74 Å². The Morgan fingerprint density at radius 2 is 2.27 bits per heavy atom. The molecule has 11 heavy (non-hydrogen) atoms. The van der Waals surface area contributed by atoms with Crippen LogP contribution in [0.1, 0.15) is 13.3 Å². The molecule has 0 aromatic heterocycles. The van der Waals surface area contributed by atoms with Gasteiger partial charge in [-0.25, -0.2) is 0 Å². The average molecular weight is 179 g/mol. The lowest BCUT2D eigenvalue weighted by molar-refractivity contribution is 0.0642. The number of ether oxygens (including phenoxy) is 1. The van der Waals surface area contributed by atoms with Gasteiger partial charge in [0.15, 0.2) is 0 Å². The van der Waals surface area contributed by atoms with E-state index in [9.17, 15) is 0 Å². The number of halogens is 1.